The average molecular weight is 407 g/mol. The van der Waals surface area contributed by atoms with E-state index in [-0.39, 0.29) is 35.0 Å². The van der Waals surface area contributed by atoms with Gasteiger partial charge in [-0.05, 0) is 26.2 Å². The lowest BCUT2D eigenvalue weighted by Crippen LogP contribution is -2.28. The second-order valence-electron chi connectivity index (χ2n) is 5.51. The summed E-state index contributed by atoms with van der Waals surface area (Å²) in [5, 5.41) is 12.4. The zero-order valence-electron chi connectivity index (χ0n) is 14.7. The van der Waals surface area contributed by atoms with Gasteiger partial charge in [0.1, 0.15) is 22.7 Å². The minimum Gasteiger partial charge on any atom is -0.440 e. The van der Waals surface area contributed by atoms with Gasteiger partial charge in [0, 0.05) is 5.56 Å². The lowest BCUT2D eigenvalue weighted by Gasteiger charge is -2.11. The van der Waals surface area contributed by atoms with Gasteiger partial charge < -0.3 is 9.26 Å². The van der Waals surface area contributed by atoms with Crippen LogP contribution in [0.1, 0.15) is 21.8 Å². The van der Waals surface area contributed by atoms with E-state index in [1.807, 2.05) is 0 Å². The number of thioether (sulfide) groups is 1. The number of hydrogen-bond acceptors (Lipinski definition) is 8. The van der Waals surface area contributed by atoms with E-state index in [2.05, 4.69) is 15.4 Å². The summed E-state index contributed by atoms with van der Waals surface area (Å²) in [5.74, 6) is -0.395. The molecule has 0 aliphatic rings. The summed E-state index contributed by atoms with van der Waals surface area (Å²) >= 11 is 7.42. The number of benzene rings is 1. The third kappa shape index (κ3) is 3.74. The van der Waals surface area contributed by atoms with Crippen molar-refractivity contribution < 1.29 is 14.1 Å². The topological polar surface area (TPSA) is 100 Å². The Bertz CT molecular complexity index is 1060. The van der Waals surface area contributed by atoms with Gasteiger partial charge in [-0.1, -0.05) is 46.7 Å². The minimum absolute atomic E-state index is 0.153. The number of nitrogens with zero attached hydrogens (tertiary/aromatic N) is 4. The highest BCUT2D eigenvalue weighted by atomic mass is 35.5. The van der Waals surface area contributed by atoms with E-state index >= 15 is 0 Å². The summed E-state index contributed by atoms with van der Waals surface area (Å²) in [7, 11) is 0. The van der Waals surface area contributed by atoms with E-state index in [0.29, 0.717) is 15.7 Å². The maximum absolute atomic E-state index is 12.7. The SMILES string of the molecule is CSc1nnc(C)c(=O)n1COC(=O)c1c(-c2ccccc2Cl)noc1C. The van der Waals surface area contributed by atoms with E-state index in [0.717, 1.165) is 0 Å². The molecule has 0 aliphatic carbocycles. The fraction of sp³-hybridized carbons (Fsp3) is 0.235. The molecule has 0 atom stereocenters. The molecule has 3 rings (SSSR count). The van der Waals surface area contributed by atoms with Crippen molar-refractivity contribution in [2.45, 2.75) is 25.7 Å². The first kappa shape index (κ1) is 19.1. The van der Waals surface area contributed by atoms with Crippen LogP contribution in [-0.2, 0) is 11.5 Å². The molecule has 8 nitrogen and oxygen atoms in total. The highest BCUT2D eigenvalue weighted by Crippen LogP contribution is 2.31. The molecule has 140 valence electrons. The largest absolute Gasteiger partial charge is 0.440 e. The van der Waals surface area contributed by atoms with Crippen LogP contribution in [0.25, 0.3) is 11.3 Å². The molecule has 0 unspecified atom stereocenters. The lowest BCUT2D eigenvalue weighted by molar-refractivity contribution is 0.0343. The monoisotopic (exact) mass is 406 g/mol. The molecule has 2 heterocycles. The number of rotatable bonds is 5. The zero-order chi connectivity index (χ0) is 19.6. The number of ether oxygens (including phenoxy) is 1. The van der Waals surface area contributed by atoms with Crippen molar-refractivity contribution in [2.75, 3.05) is 6.26 Å². The fourth-order valence-electron chi connectivity index (χ4n) is 2.41. The summed E-state index contributed by atoms with van der Waals surface area (Å²) in [4.78, 5) is 24.9. The smallest absolute Gasteiger partial charge is 0.345 e. The van der Waals surface area contributed by atoms with Crippen LogP contribution in [0.3, 0.4) is 0 Å². The molecular formula is C17H15ClN4O4S. The minimum atomic E-state index is -0.683. The second-order valence-corrected chi connectivity index (χ2v) is 6.69. The summed E-state index contributed by atoms with van der Waals surface area (Å²) in [6.45, 7) is 2.83. The second kappa shape index (κ2) is 7.93. The molecule has 0 aliphatic heterocycles. The lowest BCUT2D eigenvalue weighted by atomic mass is 10.1. The van der Waals surface area contributed by atoms with E-state index in [4.69, 9.17) is 20.9 Å². The summed E-state index contributed by atoms with van der Waals surface area (Å²) in [6.07, 6.45) is 1.75. The van der Waals surface area contributed by atoms with Gasteiger partial charge in [-0.25, -0.2) is 9.36 Å². The van der Waals surface area contributed by atoms with Crippen molar-refractivity contribution in [3.8, 4) is 11.3 Å². The first-order valence-electron chi connectivity index (χ1n) is 7.80. The summed E-state index contributed by atoms with van der Waals surface area (Å²) in [5.41, 5.74) is 0.814. The van der Waals surface area contributed by atoms with Crippen molar-refractivity contribution in [3.63, 3.8) is 0 Å². The number of aryl methyl sites for hydroxylation is 2. The van der Waals surface area contributed by atoms with Gasteiger partial charge in [-0.15, -0.1) is 10.2 Å². The fourth-order valence-corrected chi connectivity index (χ4v) is 3.11. The molecule has 0 radical (unpaired) electrons. The van der Waals surface area contributed by atoms with Crippen LogP contribution in [0.15, 0.2) is 38.7 Å². The third-order valence-corrected chi connectivity index (χ3v) is 4.77. The van der Waals surface area contributed by atoms with Gasteiger partial charge in [0.2, 0.25) is 0 Å². The molecule has 1 aromatic carbocycles. The van der Waals surface area contributed by atoms with Crippen molar-refractivity contribution in [1.82, 2.24) is 19.9 Å². The molecule has 0 saturated carbocycles. The number of carbonyl (C=O) groups excluding carboxylic acids is 1. The summed E-state index contributed by atoms with van der Waals surface area (Å²) in [6, 6.07) is 6.95. The molecule has 0 saturated heterocycles. The molecule has 3 aromatic rings. The quantitative estimate of drug-likeness (QED) is 0.470. The third-order valence-electron chi connectivity index (χ3n) is 3.77. The standard InChI is InChI=1S/C17H15ClN4O4S/c1-9-15(23)22(17(27-3)20-19-9)8-25-16(24)13-10(2)26-21-14(13)11-6-4-5-7-12(11)18/h4-7H,8H2,1-3H3. The molecule has 0 bridgehead atoms. The Kier molecular flexibility index (Phi) is 5.62. The predicted molar refractivity (Wildman–Crippen MR) is 99.9 cm³/mol. The van der Waals surface area contributed by atoms with Gasteiger partial charge in [0.15, 0.2) is 11.9 Å². The van der Waals surface area contributed by atoms with Crippen molar-refractivity contribution in [2.24, 2.45) is 0 Å². The number of hydrogen-bond donors (Lipinski definition) is 0. The van der Waals surface area contributed by atoms with Crippen LogP contribution in [-0.4, -0.2) is 32.1 Å². The Morgan fingerprint density at radius 3 is 2.74 bits per heavy atom. The molecule has 27 heavy (non-hydrogen) atoms. The molecule has 0 amide bonds. The predicted octanol–water partition coefficient (Wildman–Crippen LogP) is 3.10. The number of aromatic nitrogens is 4. The highest BCUT2D eigenvalue weighted by molar-refractivity contribution is 7.98. The molecule has 2 aromatic heterocycles. The van der Waals surface area contributed by atoms with E-state index in [1.54, 1.807) is 37.4 Å². The molecular weight excluding hydrogens is 392 g/mol. The number of halogens is 1. The van der Waals surface area contributed by atoms with Gasteiger partial charge in [-0.3, -0.25) is 4.79 Å². The van der Waals surface area contributed by atoms with Crippen molar-refractivity contribution in [1.29, 1.82) is 0 Å². The van der Waals surface area contributed by atoms with Crippen LogP contribution in [0.2, 0.25) is 5.02 Å². The number of esters is 1. The van der Waals surface area contributed by atoms with E-state index in [9.17, 15) is 9.59 Å². The van der Waals surface area contributed by atoms with Gasteiger partial charge >= 0.3 is 5.97 Å². The molecule has 0 spiro atoms. The first-order chi connectivity index (χ1) is 12.9. The van der Waals surface area contributed by atoms with Crippen molar-refractivity contribution >= 4 is 29.3 Å². The Morgan fingerprint density at radius 2 is 2.04 bits per heavy atom. The van der Waals surface area contributed by atoms with Crippen molar-refractivity contribution in [3.05, 3.63) is 56.7 Å². The van der Waals surface area contributed by atoms with Crippen LogP contribution in [0.5, 0.6) is 0 Å². The Hall–Kier alpha value is -2.65. The van der Waals surface area contributed by atoms with Gasteiger partial charge in [-0.2, -0.15) is 0 Å². The Morgan fingerprint density at radius 1 is 1.30 bits per heavy atom. The highest BCUT2D eigenvalue weighted by Gasteiger charge is 2.24. The van der Waals surface area contributed by atoms with Crippen LogP contribution in [0.4, 0.5) is 0 Å². The van der Waals surface area contributed by atoms with Gasteiger partial charge in [0.25, 0.3) is 5.56 Å². The van der Waals surface area contributed by atoms with Crippen LogP contribution < -0.4 is 5.56 Å². The normalized spacial score (nSPS) is 10.8. The Labute approximate surface area is 163 Å². The molecule has 10 heteroatoms. The maximum atomic E-state index is 12.7. The maximum Gasteiger partial charge on any atom is 0.345 e. The summed E-state index contributed by atoms with van der Waals surface area (Å²) < 4.78 is 11.7. The van der Waals surface area contributed by atoms with E-state index in [1.165, 1.54) is 23.3 Å². The Balaban J connectivity index is 1.91. The zero-order valence-corrected chi connectivity index (χ0v) is 16.3. The average Bonchev–Trinajstić information content (AvgIpc) is 3.04. The van der Waals surface area contributed by atoms with E-state index < -0.39 is 5.97 Å². The molecule has 0 N–H and O–H groups in total. The first-order valence-corrected chi connectivity index (χ1v) is 9.40. The molecule has 0 fully saturated rings. The van der Waals surface area contributed by atoms with Crippen LogP contribution in [0, 0.1) is 13.8 Å². The van der Waals surface area contributed by atoms with Gasteiger partial charge in [0.05, 0.1) is 5.02 Å². The van der Waals surface area contributed by atoms with Crippen LogP contribution >= 0.6 is 23.4 Å². The number of carbonyl (C=O) groups is 1.